The van der Waals surface area contributed by atoms with Gasteiger partial charge in [-0.15, -0.1) is 0 Å². The lowest BCUT2D eigenvalue weighted by molar-refractivity contribution is -0.137. The van der Waals surface area contributed by atoms with Gasteiger partial charge in [-0.2, -0.15) is 18.0 Å². The van der Waals surface area contributed by atoms with Crippen LogP contribution in [0, 0.1) is 28.5 Å². The Balaban J connectivity index is 0.00000194. The highest BCUT2D eigenvalue weighted by atomic mass is 32.2. The van der Waals surface area contributed by atoms with Gasteiger partial charge < -0.3 is 24.5 Å². The first-order valence-electron chi connectivity index (χ1n) is 23.7. The molecular formula is C50H50F2N10O9S. The molecule has 0 unspecified atom stereocenters. The molecule has 374 valence electrons. The smallest absolute Gasteiger partial charge is 0.301 e. The normalized spacial score (nSPS) is 21.1. The summed E-state index contributed by atoms with van der Waals surface area (Å²) in [4.78, 5) is 72.8. The summed E-state index contributed by atoms with van der Waals surface area (Å²) in [5.74, 6) is -1.66. The molecule has 4 saturated heterocycles. The number of halogens is 2. The first-order chi connectivity index (χ1) is 34.6. The summed E-state index contributed by atoms with van der Waals surface area (Å²) in [5, 5.41) is 19.4. The van der Waals surface area contributed by atoms with Crippen LogP contribution in [0.1, 0.15) is 53.6 Å². The number of piperazine rings is 1. The van der Waals surface area contributed by atoms with Crippen LogP contribution in [0.25, 0.3) is 16.6 Å². The predicted octanol–water partition coefficient (Wildman–Crippen LogP) is 4.39. The van der Waals surface area contributed by atoms with Crippen molar-refractivity contribution in [3.63, 3.8) is 0 Å². The topological polar surface area (TPSA) is 231 Å². The van der Waals surface area contributed by atoms with Gasteiger partial charge in [0.05, 0.1) is 22.3 Å². The quantitative estimate of drug-likeness (QED) is 0.123. The fourth-order valence-corrected chi connectivity index (χ4v) is 12.3. The fraction of sp³-hybridized carbons (Fsp3) is 0.380. The van der Waals surface area contributed by atoms with E-state index in [0.29, 0.717) is 41.1 Å². The van der Waals surface area contributed by atoms with Gasteiger partial charge in [0.1, 0.15) is 35.9 Å². The number of carbonyl (C=O) groups is 4. The van der Waals surface area contributed by atoms with Crippen molar-refractivity contribution >= 4 is 62.4 Å². The molecule has 5 aromatic rings. The van der Waals surface area contributed by atoms with Gasteiger partial charge in [0.15, 0.2) is 11.6 Å². The lowest BCUT2D eigenvalue weighted by atomic mass is 9.57. The SMILES string of the molecule is N#Cc1c(NS(=O)(=O)N2CC[C@@H](F)C2)ccc(F)c1Oc1ccc2ncn(-c3ccc(N4CCN(CC5CC6(C5)CN(c5ccc7c(c5)CN([C@H]5CCC(=O)NC5=O)C7=O)C6)CC4)cc3)c(=O)c2c1.O=CO. The van der Waals surface area contributed by atoms with Gasteiger partial charge >= 0.3 is 10.2 Å². The first kappa shape index (κ1) is 48.2. The molecule has 22 heteroatoms. The molecule has 6 heterocycles. The second-order valence-corrected chi connectivity index (χ2v) is 20.9. The zero-order chi connectivity index (χ0) is 50.5. The molecule has 3 amide bonds. The number of benzene rings is 4. The molecule has 0 bridgehead atoms. The Labute approximate surface area is 412 Å². The zero-order valence-corrected chi connectivity index (χ0v) is 39.7. The predicted molar refractivity (Wildman–Crippen MR) is 259 cm³/mol. The Hall–Kier alpha value is -7.48. The van der Waals surface area contributed by atoms with Gasteiger partial charge in [-0.25, -0.2) is 13.8 Å². The summed E-state index contributed by atoms with van der Waals surface area (Å²) < 4.78 is 65.2. The summed E-state index contributed by atoms with van der Waals surface area (Å²) in [6, 6.07) is 21.3. The van der Waals surface area contributed by atoms with Gasteiger partial charge in [-0.05, 0) is 110 Å². The van der Waals surface area contributed by atoms with Crippen molar-refractivity contribution in [3.05, 3.63) is 112 Å². The van der Waals surface area contributed by atoms with Crippen LogP contribution in [0.5, 0.6) is 11.5 Å². The number of rotatable bonds is 11. The van der Waals surface area contributed by atoms with E-state index >= 15 is 4.39 Å². The number of fused-ring (bicyclic) bond motifs is 2. The average molecular weight is 1010 g/mol. The molecule has 19 nitrogen and oxygen atoms in total. The van der Waals surface area contributed by atoms with Crippen molar-refractivity contribution in [1.29, 1.82) is 5.26 Å². The number of ether oxygens (including phenoxy) is 1. The van der Waals surface area contributed by atoms with Crippen molar-refractivity contribution in [3.8, 4) is 23.3 Å². The van der Waals surface area contributed by atoms with Gasteiger partial charge in [0, 0.05) is 94.2 Å². The number of amides is 3. The second-order valence-electron chi connectivity index (χ2n) is 19.2. The highest BCUT2D eigenvalue weighted by molar-refractivity contribution is 7.90. The Morgan fingerprint density at radius 2 is 1.64 bits per heavy atom. The molecule has 4 aromatic carbocycles. The van der Waals surface area contributed by atoms with Crippen LogP contribution in [-0.2, 0) is 31.1 Å². The Morgan fingerprint density at radius 3 is 2.33 bits per heavy atom. The van der Waals surface area contributed by atoms with E-state index in [4.69, 9.17) is 14.6 Å². The average Bonchev–Trinajstić information content (AvgIpc) is 3.94. The third-order valence-electron chi connectivity index (χ3n) is 14.6. The molecule has 11 rings (SSSR count). The lowest BCUT2D eigenvalue weighted by Gasteiger charge is -2.60. The number of carboxylic acid groups (broad SMARTS) is 1. The van der Waals surface area contributed by atoms with Crippen LogP contribution in [0.3, 0.4) is 0 Å². The summed E-state index contributed by atoms with van der Waals surface area (Å²) in [6.07, 6.45) is 3.14. The maximum absolute atomic E-state index is 15.2. The van der Waals surface area contributed by atoms with E-state index in [1.807, 2.05) is 36.4 Å². The second kappa shape index (κ2) is 19.3. The van der Waals surface area contributed by atoms with Crippen molar-refractivity contribution < 1.29 is 46.2 Å². The van der Waals surface area contributed by atoms with E-state index < -0.39 is 51.0 Å². The molecular weight excluding hydrogens is 955 g/mol. The van der Waals surface area contributed by atoms with E-state index in [9.17, 15) is 37.2 Å². The minimum atomic E-state index is -4.24. The van der Waals surface area contributed by atoms with E-state index in [0.717, 1.165) is 79.2 Å². The van der Waals surface area contributed by atoms with Crippen LogP contribution in [0.4, 0.5) is 25.8 Å². The minimum absolute atomic E-state index is 0.0189. The highest BCUT2D eigenvalue weighted by Gasteiger charge is 2.52. The Kier molecular flexibility index (Phi) is 12.9. The molecule has 0 radical (unpaired) electrons. The molecule has 1 spiro atoms. The number of hydrogen-bond donors (Lipinski definition) is 3. The number of anilines is 3. The lowest BCUT2D eigenvalue weighted by Crippen LogP contribution is -2.64. The number of nitrogens with one attached hydrogen (secondary N) is 2. The molecule has 6 aliphatic rings. The molecule has 72 heavy (non-hydrogen) atoms. The van der Waals surface area contributed by atoms with Crippen LogP contribution < -0.4 is 30.1 Å². The minimum Gasteiger partial charge on any atom is -0.483 e. The molecule has 5 fully saturated rings. The maximum atomic E-state index is 15.2. The highest BCUT2D eigenvalue weighted by Crippen LogP contribution is 2.53. The van der Waals surface area contributed by atoms with Crippen LogP contribution in [0.15, 0.2) is 83.9 Å². The van der Waals surface area contributed by atoms with Crippen molar-refractivity contribution in [2.45, 2.75) is 50.9 Å². The van der Waals surface area contributed by atoms with Crippen LogP contribution in [0.2, 0.25) is 0 Å². The standard InChI is InChI=1S/C49H48F2N10O7S.CH2O2/c50-32-13-14-59(26-32)69(66,67)55-42-10-8-40(51)45(39(42)23-52)68-36-6-9-41-38(20-36)48(65)61(29-53-41)34-3-1-33(2-4-34)57-17-15-56(16-18-57)24-30-21-49(22-30)27-58(28-49)35-5-7-37-31(19-35)25-60(47(37)64)43-11-12-44(62)54-46(43)63;2-1-3/h1-10,19-20,29-30,32,43,55H,11-18,21-22,24-28H2,(H,54,62,63);1H,(H,2,3)/t32-,43+;/m1./s1. The van der Waals surface area contributed by atoms with Crippen molar-refractivity contribution in [2.75, 3.05) is 73.4 Å². The first-order valence-corrected chi connectivity index (χ1v) is 25.1. The maximum Gasteiger partial charge on any atom is 0.301 e. The van der Waals surface area contributed by atoms with Gasteiger partial charge in [0.2, 0.25) is 11.8 Å². The van der Waals surface area contributed by atoms with Gasteiger partial charge in [-0.3, -0.25) is 43.5 Å². The number of alkyl halides is 1. The molecule has 5 aliphatic heterocycles. The number of aromatic nitrogens is 2. The van der Waals surface area contributed by atoms with E-state index in [1.165, 1.54) is 41.9 Å². The monoisotopic (exact) mass is 1000 g/mol. The third kappa shape index (κ3) is 9.30. The summed E-state index contributed by atoms with van der Waals surface area (Å²) in [5.41, 5.74) is 3.92. The van der Waals surface area contributed by atoms with Gasteiger partial charge in [-0.1, -0.05) is 0 Å². The molecule has 1 aliphatic carbocycles. The van der Waals surface area contributed by atoms with Crippen LogP contribution in [-0.4, -0.2) is 132 Å². The largest absolute Gasteiger partial charge is 0.483 e. The summed E-state index contributed by atoms with van der Waals surface area (Å²) >= 11 is 0. The Bertz CT molecular complexity index is 3200. The van der Waals surface area contributed by atoms with Crippen molar-refractivity contribution in [2.24, 2.45) is 11.3 Å². The van der Waals surface area contributed by atoms with E-state index in [-0.39, 0.29) is 61.0 Å². The van der Waals surface area contributed by atoms with E-state index in [2.05, 4.69) is 35.8 Å². The molecule has 1 aromatic heterocycles. The van der Waals surface area contributed by atoms with Crippen LogP contribution >= 0.6 is 0 Å². The van der Waals surface area contributed by atoms with E-state index in [1.54, 1.807) is 11.0 Å². The number of piperidine rings is 1. The number of carbonyl (C=O) groups excluding carboxylic acids is 3. The molecule has 3 N–H and O–H groups in total. The summed E-state index contributed by atoms with van der Waals surface area (Å²) in [6.45, 7) is 6.44. The number of hydrogen-bond acceptors (Lipinski definition) is 13. The number of imide groups is 1. The number of nitrogens with zero attached hydrogens (tertiary/aromatic N) is 8. The third-order valence-corrected chi connectivity index (χ3v) is 16.1. The Morgan fingerprint density at radius 1 is 0.917 bits per heavy atom. The summed E-state index contributed by atoms with van der Waals surface area (Å²) in [7, 11) is -4.24. The number of nitriles is 1. The van der Waals surface area contributed by atoms with Gasteiger partial charge in [0.25, 0.3) is 17.9 Å². The molecule has 2 atom stereocenters. The fourth-order valence-electron chi connectivity index (χ4n) is 11.1. The molecule has 1 saturated carbocycles. The van der Waals surface area contributed by atoms with Crippen molar-refractivity contribution in [1.82, 2.24) is 29.0 Å². The zero-order valence-electron chi connectivity index (χ0n) is 38.9.